The van der Waals surface area contributed by atoms with E-state index in [0.717, 1.165) is 5.82 Å². The fourth-order valence-electron chi connectivity index (χ4n) is 1.82. The van der Waals surface area contributed by atoms with Gasteiger partial charge in [-0.2, -0.15) is 0 Å². The number of carbonyl (C=O) groups is 1. The van der Waals surface area contributed by atoms with E-state index in [-0.39, 0.29) is 11.9 Å². The van der Waals surface area contributed by atoms with Crippen LogP contribution in [0.1, 0.15) is 24.2 Å². The van der Waals surface area contributed by atoms with Crippen LogP contribution in [0.25, 0.3) is 0 Å². The third kappa shape index (κ3) is 3.43. The minimum absolute atomic E-state index is 0.0165. The molecule has 0 aromatic carbocycles. The molecule has 0 saturated carbocycles. The first-order valence-corrected chi connectivity index (χ1v) is 6.07. The summed E-state index contributed by atoms with van der Waals surface area (Å²) in [5.41, 5.74) is 0.596. The highest BCUT2D eigenvalue weighted by Gasteiger charge is 2.19. The van der Waals surface area contributed by atoms with Crippen molar-refractivity contribution in [3.8, 4) is 0 Å². The van der Waals surface area contributed by atoms with E-state index in [0.29, 0.717) is 18.7 Å². The van der Waals surface area contributed by atoms with Crippen LogP contribution < -0.4 is 5.32 Å². The number of rotatable bonds is 6. The second-order valence-corrected chi connectivity index (χ2v) is 4.08. The summed E-state index contributed by atoms with van der Waals surface area (Å²) in [5.74, 6) is 0.733. The summed E-state index contributed by atoms with van der Waals surface area (Å²) in [6, 6.07) is 3.63. The van der Waals surface area contributed by atoms with Gasteiger partial charge in [0.1, 0.15) is 5.82 Å². The lowest BCUT2D eigenvalue weighted by Crippen LogP contribution is -2.40. The number of aromatic nitrogens is 1. The Morgan fingerprint density at radius 3 is 2.72 bits per heavy atom. The normalized spacial score (nSPS) is 12.0. The molecule has 0 aliphatic heterocycles. The van der Waals surface area contributed by atoms with Gasteiger partial charge in [-0.1, -0.05) is 0 Å². The van der Waals surface area contributed by atoms with Crippen molar-refractivity contribution in [1.82, 2.24) is 9.88 Å². The predicted octanol–water partition coefficient (Wildman–Crippen LogP) is 1.62. The summed E-state index contributed by atoms with van der Waals surface area (Å²) < 4.78 is 5.09. The van der Waals surface area contributed by atoms with Crippen molar-refractivity contribution in [2.45, 2.75) is 19.9 Å². The number of ether oxygens (including phenoxy) is 1. The van der Waals surface area contributed by atoms with E-state index in [9.17, 15) is 4.79 Å². The molecule has 100 valence electrons. The maximum Gasteiger partial charge on any atom is 0.255 e. The molecule has 5 heteroatoms. The lowest BCUT2D eigenvalue weighted by Gasteiger charge is -2.27. The number of anilines is 1. The minimum atomic E-state index is -0.0165. The van der Waals surface area contributed by atoms with Crippen LogP contribution in [0.15, 0.2) is 18.3 Å². The number of methoxy groups -OCH3 is 1. The number of carbonyl (C=O) groups excluding carboxylic acids is 1. The van der Waals surface area contributed by atoms with Crippen LogP contribution >= 0.6 is 0 Å². The van der Waals surface area contributed by atoms with Gasteiger partial charge in [-0.3, -0.25) is 4.79 Å². The highest BCUT2D eigenvalue weighted by molar-refractivity contribution is 5.94. The number of nitrogens with zero attached hydrogens (tertiary/aromatic N) is 2. The van der Waals surface area contributed by atoms with Crippen LogP contribution in [0.2, 0.25) is 0 Å². The molecule has 0 saturated heterocycles. The van der Waals surface area contributed by atoms with Gasteiger partial charge in [-0.25, -0.2) is 4.98 Å². The summed E-state index contributed by atoms with van der Waals surface area (Å²) in [7, 11) is 3.43. The molecule has 1 aromatic heterocycles. The maximum atomic E-state index is 12.3. The molecule has 1 heterocycles. The molecule has 1 rings (SSSR count). The molecule has 0 aliphatic rings. The number of hydrogen-bond donors (Lipinski definition) is 1. The van der Waals surface area contributed by atoms with Crippen molar-refractivity contribution in [2.75, 3.05) is 32.6 Å². The van der Waals surface area contributed by atoms with Crippen molar-refractivity contribution in [2.24, 2.45) is 0 Å². The zero-order valence-electron chi connectivity index (χ0n) is 11.4. The van der Waals surface area contributed by atoms with Gasteiger partial charge in [-0.05, 0) is 26.0 Å². The van der Waals surface area contributed by atoms with E-state index in [1.807, 2.05) is 13.8 Å². The van der Waals surface area contributed by atoms with Gasteiger partial charge in [0.15, 0.2) is 0 Å². The first-order chi connectivity index (χ1) is 8.63. The minimum Gasteiger partial charge on any atom is -0.383 e. The first kappa shape index (κ1) is 14.4. The molecule has 1 aromatic rings. The van der Waals surface area contributed by atoms with Gasteiger partial charge < -0.3 is 15.0 Å². The van der Waals surface area contributed by atoms with Crippen LogP contribution in [0, 0.1) is 0 Å². The third-order valence-electron chi connectivity index (χ3n) is 2.81. The molecular formula is C13H21N3O2. The van der Waals surface area contributed by atoms with Crippen LogP contribution in [0.5, 0.6) is 0 Å². The van der Waals surface area contributed by atoms with Crippen molar-refractivity contribution in [3.63, 3.8) is 0 Å². The van der Waals surface area contributed by atoms with E-state index in [1.165, 1.54) is 0 Å². The van der Waals surface area contributed by atoms with E-state index in [1.54, 1.807) is 37.4 Å². The van der Waals surface area contributed by atoms with E-state index < -0.39 is 0 Å². The van der Waals surface area contributed by atoms with Crippen molar-refractivity contribution >= 4 is 11.7 Å². The Morgan fingerprint density at radius 1 is 1.56 bits per heavy atom. The van der Waals surface area contributed by atoms with E-state index in [4.69, 9.17) is 4.74 Å². The molecule has 1 amide bonds. The standard InChI is InChI=1S/C13H21N3O2/c1-5-16(10(2)9-18-4)13(17)11-6-7-12(14-3)15-8-11/h6-8,10H,5,9H2,1-4H3,(H,14,15). The number of hydrogen-bond acceptors (Lipinski definition) is 4. The molecule has 0 aliphatic carbocycles. The van der Waals surface area contributed by atoms with Crippen molar-refractivity contribution < 1.29 is 9.53 Å². The molecule has 0 fully saturated rings. The summed E-state index contributed by atoms with van der Waals surface area (Å²) in [6.07, 6.45) is 1.59. The van der Waals surface area contributed by atoms with Crippen LogP contribution in [-0.4, -0.2) is 49.1 Å². The number of nitrogens with one attached hydrogen (secondary N) is 1. The van der Waals surface area contributed by atoms with Gasteiger partial charge >= 0.3 is 0 Å². The average molecular weight is 251 g/mol. The summed E-state index contributed by atoms with van der Waals surface area (Å²) in [5, 5.41) is 2.92. The lowest BCUT2D eigenvalue weighted by atomic mass is 10.2. The Bertz CT molecular complexity index is 378. The topological polar surface area (TPSA) is 54.5 Å². The lowest BCUT2D eigenvalue weighted by molar-refractivity contribution is 0.0579. The Kier molecular flexibility index (Phi) is 5.58. The van der Waals surface area contributed by atoms with E-state index >= 15 is 0 Å². The van der Waals surface area contributed by atoms with Gasteiger partial charge in [0.25, 0.3) is 5.91 Å². The molecular weight excluding hydrogens is 230 g/mol. The molecule has 1 unspecified atom stereocenters. The van der Waals surface area contributed by atoms with Crippen LogP contribution in [0.3, 0.4) is 0 Å². The molecule has 18 heavy (non-hydrogen) atoms. The van der Waals surface area contributed by atoms with Gasteiger partial charge in [-0.15, -0.1) is 0 Å². The monoisotopic (exact) mass is 251 g/mol. The van der Waals surface area contributed by atoms with Crippen LogP contribution in [0.4, 0.5) is 5.82 Å². The van der Waals surface area contributed by atoms with Gasteiger partial charge in [0.2, 0.25) is 0 Å². The largest absolute Gasteiger partial charge is 0.383 e. The summed E-state index contributed by atoms with van der Waals surface area (Å²) in [6.45, 7) is 5.11. The second kappa shape index (κ2) is 6.96. The summed E-state index contributed by atoms with van der Waals surface area (Å²) in [4.78, 5) is 18.2. The fraction of sp³-hybridized carbons (Fsp3) is 0.538. The van der Waals surface area contributed by atoms with Crippen LogP contribution in [-0.2, 0) is 4.74 Å². The smallest absolute Gasteiger partial charge is 0.255 e. The molecule has 0 spiro atoms. The highest BCUT2D eigenvalue weighted by Crippen LogP contribution is 2.10. The quantitative estimate of drug-likeness (QED) is 0.834. The highest BCUT2D eigenvalue weighted by atomic mass is 16.5. The van der Waals surface area contributed by atoms with E-state index in [2.05, 4.69) is 10.3 Å². The molecule has 1 atom stereocenters. The number of pyridine rings is 1. The Morgan fingerprint density at radius 2 is 2.28 bits per heavy atom. The van der Waals surface area contributed by atoms with Gasteiger partial charge in [0, 0.05) is 26.9 Å². The predicted molar refractivity (Wildman–Crippen MR) is 71.8 cm³/mol. The van der Waals surface area contributed by atoms with Crippen molar-refractivity contribution in [1.29, 1.82) is 0 Å². The second-order valence-electron chi connectivity index (χ2n) is 4.08. The first-order valence-electron chi connectivity index (χ1n) is 6.07. The van der Waals surface area contributed by atoms with Gasteiger partial charge in [0.05, 0.1) is 18.2 Å². The SMILES string of the molecule is CCN(C(=O)c1ccc(NC)nc1)C(C)COC. The third-order valence-corrected chi connectivity index (χ3v) is 2.81. The molecule has 5 nitrogen and oxygen atoms in total. The maximum absolute atomic E-state index is 12.3. The van der Waals surface area contributed by atoms with Crippen molar-refractivity contribution in [3.05, 3.63) is 23.9 Å². The molecule has 0 bridgehead atoms. The zero-order chi connectivity index (χ0) is 13.5. The number of likely N-dealkylation sites (N-methyl/N-ethyl adjacent to an activating group) is 1. The molecule has 1 N–H and O–H groups in total. The fourth-order valence-corrected chi connectivity index (χ4v) is 1.82. The Labute approximate surface area is 108 Å². The number of amides is 1. The summed E-state index contributed by atoms with van der Waals surface area (Å²) >= 11 is 0. The average Bonchev–Trinajstić information content (AvgIpc) is 2.40. The Balaban J connectivity index is 2.82. The zero-order valence-corrected chi connectivity index (χ0v) is 11.4. The molecule has 0 radical (unpaired) electrons. The Hall–Kier alpha value is -1.62.